The maximum Gasteiger partial charge on any atom is 0.177 e. The van der Waals surface area contributed by atoms with Crippen LogP contribution in [-0.4, -0.2) is 35.1 Å². The summed E-state index contributed by atoms with van der Waals surface area (Å²) in [4.78, 5) is 5.29. The first kappa shape index (κ1) is 10.5. The molecule has 0 aliphatic rings. The molecule has 3 nitrogen and oxygen atoms in total. The zero-order chi connectivity index (χ0) is 9.84. The van der Waals surface area contributed by atoms with E-state index in [4.69, 9.17) is 12.2 Å². The minimum atomic E-state index is 0.830. The van der Waals surface area contributed by atoms with Crippen LogP contribution in [0.3, 0.4) is 0 Å². The second-order valence-corrected chi connectivity index (χ2v) is 3.98. The molecule has 0 fully saturated rings. The van der Waals surface area contributed by atoms with E-state index in [1.807, 2.05) is 6.92 Å². The summed E-state index contributed by atoms with van der Waals surface area (Å²) in [6.45, 7) is 4.13. The Hall–Kier alpha value is -0.610. The molecule has 4 heteroatoms. The van der Waals surface area contributed by atoms with Crippen LogP contribution in [-0.2, 0) is 6.54 Å². The first-order chi connectivity index (χ1) is 6.09. The van der Waals surface area contributed by atoms with Crippen molar-refractivity contribution in [1.29, 1.82) is 0 Å². The number of imidazole rings is 1. The first-order valence-electron chi connectivity index (χ1n) is 4.50. The predicted octanol–water partition coefficient (Wildman–Crippen LogP) is 1.81. The molecule has 1 heterocycles. The summed E-state index contributed by atoms with van der Waals surface area (Å²) >= 11 is 5.15. The third kappa shape index (κ3) is 3.32. The normalized spacial score (nSPS) is 11.1. The Balaban J connectivity index is 2.45. The van der Waals surface area contributed by atoms with E-state index < -0.39 is 0 Å². The maximum atomic E-state index is 5.15. The molecule has 0 atom stereocenters. The van der Waals surface area contributed by atoms with E-state index in [1.165, 1.54) is 0 Å². The molecule has 1 rings (SSSR count). The average molecular weight is 199 g/mol. The summed E-state index contributed by atoms with van der Waals surface area (Å²) in [7, 11) is 4.17. The number of hydrogen-bond acceptors (Lipinski definition) is 2. The van der Waals surface area contributed by atoms with E-state index >= 15 is 0 Å². The smallest absolute Gasteiger partial charge is 0.177 e. The molecule has 0 aliphatic heterocycles. The monoisotopic (exact) mass is 199 g/mol. The Bertz CT molecular complexity index is 311. The van der Waals surface area contributed by atoms with Gasteiger partial charge in [-0.3, -0.25) is 0 Å². The van der Waals surface area contributed by atoms with Crippen LogP contribution in [0.15, 0.2) is 6.20 Å². The van der Waals surface area contributed by atoms with Crippen molar-refractivity contribution in [3.05, 3.63) is 16.7 Å². The second kappa shape index (κ2) is 4.58. The molecule has 74 valence electrons. The van der Waals surface area contributed by atoms with Crippen LogP contribution in [0.4, 0.5) is 0 Å². The standard InChI is InChI=1S/C9H17N3S/c1-8-7-12(9(13)10-8)6-4-5-11(2)3/h7H,4-6H2,1-3H3,(H,10,13). The zero-order valence-electron chi connectivity index (χ0n) is 8.50. The minimum Gasteiger partial charge on any atom is -0.335 e. The Kier molecular flexibility index (Phi) is 3.69. The fourth-order valence-electron chi connectivity index (χ4n) is 1.29. The number of nitrogens with zero attached hydrogens (tertiary/aromatic N) is 2. The third-order valence-corrected chi connectivity index (χ3v) is 2.26. The van der Waals surface area contributed by atoms with Crippen molar-refractivity contribution in [1.82, 2.24) is 14.5 Å². The number of rotatable bonds is 4. The molecule has 13 heavy (non-hydrogen) atoms. The highest BCUT2D eigenvalue weighted by molar-refractivity contribution is 7.71. The fraction of sp³-hybridized carbons (Fsp3) is 0.667. The fourth-order valence-corrected chi connectivity index (χ4v) is 1.59. The van der Waals surface area contributed by atoms with Gasteiger partial charge >= 0.3 is 0 Å². The second-order valence-electron chi connectivity index (χ2n) is 3.59. The average Bonchev–Trinajstić information content (AvgIpc) is 2.29. The number of aryl methyl sites for hydroxylation is 2. The lowest BCUT2D eigenvalue weighted by Crippen LogP contribution is -2.14. The molecule has 1 N–H and O–H groups in total. The van der Waals surface area contributed by atoms with Crippen molar-refractivity contribution in [3.63, 3.8) is 0 Å². The summed E-state index contributed by atoms with van der Waals surface area (Å²) in [6, 6.07) is 0. The molecular formula is C9H17N3S. The van der Waals surface area contributed by atoms with Crippen molar-refractivity contribution in [2.45, 2.75) is 19.9 Å². The van der Waals surface area contributed by atoms with Crippen molar-refractivity contribution < 1.29 is 0 Å². The third-order valence-electron chi connectivity index (χ3n) is 1.92. The largest absolute Gasteiger partial charge is 0.335 e. The van der Waals surface area contributed by atoms with Crippen molar-refractivity contribution in [2.75, 3.05) is 20.6 Å². The van der Waals surface area contributed by atoms with Crippen LogP contribution >= 0.6 is 12.2 Å². The SMILES string of the molecule is Cc1cn(CCCN(C)C)c(=S)[nH]1. The molecule has 1 aromatic heterocycles. The molecule has 0 bridgehead atoms. The topological polar surface area (TPSA) is 24.0 Å². The summed E-state index contributed by atoms with van der Waals surface area (Å²) in [6.07, 6.45) is 3.20. The Morgan fingerprint density at radius 2 is 2.23 bits per heavy atom. The van der Waals surface area contributed by atoms with Gasteiger partial charge in [-0.05, 0) is 46.2 Å². The van der Waals surface area contributed by atoms with Gasteiger partial charge in [0, 0.05) is 18.4 Å². The van der Waals surface area contributed by atoms with E-state index in [-0.39, 0.29) is 0 Å². The van der Waals surface area contributed by atoms with E-state index in [0.717, 1.165) is 30.0 Å². The number of aromatic amines is 1. The molecular weight excluding hydrogens is 182 g/mol. The highest BCUT2D eigenvalue weighted by atomic mass is 32.1. The van der Waals surface area contributed by atoms with Gasteiger partial charge in [0.25, 0.3) is 0 Å². The van der Waals surface area contributed by atoms with Crippen LogP contribution in [0.5, 0.6) is 0 Å². The molecule has 0 unspecified atom stereocenters. The molecule has 0 aromatic carbocycles. The number of nitrogens with one attached hydrogen (secondary N) is 1. The van der Waals surface area contributed by atoms with Gasteiger partial charge in [0.2, 0.25) is 0 Å². The van der Waals surface area contributed by atoms with Crippen molar-refractivity contribution >= 4 is 12.2 Å². The maximum absolute atomic E-state index is 5.15. The Morgan fingerprint density at radius 1 is 1.54 bits per heavy atom. The Morgan fingerprint density at radius 3 is 2.69 bits per heavy atom. The molecule has 0 saturated carbocycles. The van der Waals surface area contributed by atoms with E-state index in [2.05, 4.69) is 34.7 Å². The number of hydrogen-bond donors (Lipinski definition) is 1. The van der Waals surface area contributed by atoms with E-state index in [0.29, 0.717) is 0 Å². The zero-order valence-corrected chi connectivity index (χ0v) is 9.32. The van der Waals surface area contributed by atoms with E-state index in [1.54, 1.807) is 0 Å². The quantitative estimate of drug-likeness (QED) is 0.748. The van der Waals surface area contributed by atoms with E-state index in [9.17, 15) is 0 Å². The lowest BCUT2D eigenvalue weighted by molar-refractivity contribution is 0.386. The molecule has 0 saturated heterocycles. The molecule has 0 radical (unpaired) electrons. The number of H-pyrrole nitrogens is 1. The van der Waals surface area contributed by atoms with Gasteiger partial charge in [0.05, 0.1) is 0 Å². The van der Waals surface area contributed by atoms with Crippen LogP contribution < -0.4 is 0 Å². The van der Waals surface area contributed by atoms with Crippen LogP contribution in [0.25, 0.3) is 0 Å². The summed E-state index contributed by atoms with van der Waals surface area (Å²) in [5.74, 6) is 0. The summed E-state index contributed by atoms with van der Waals surface area (Å²) < 4.78 is 2.92. The highest BCUT2D eigenvalue weighted by Gasteiger charge is 1.96. The minimum absolute atomic E-state index is 0.830. The first-order valence-corrected chi connectivity index (χ1v) is 4.91. The molecule has 0 spiro atoms. The van der Waals surface area contributed by atoms with Crippen LogP contribution in [0.1, 0.15) is 12.1 Å². The summed E-state index contributed by atoms with van der Waals surface area (Å²) in [5, 5.41) is 0. The lowest BCUT2D eigenvalue weighted by atomic mass is 10.4. The predicted molar refractivity (Wildman–Crippen MR) is 57.5 cm³/mol. The Labute approximate surface area is 84.4 Å². The van der Waals surface area contributed by atoms with Gasteiger partial charge in [0.1, 0.15) is 0 Å². The van der Waals surface area contributed by atoms with Gasteiger partial charge in [-0.2, -0.15) is 0 Å². The van der Waals surface area contributed by atoms with Crippen molar-refractivity contribution in [2.24, 2.45) is 0 Å². The van der Waals surface area contributed by atoms with Gasteiger partial charge < -0.3 is 14.5 Å². The van der Waals surface area contributed by atoms with Crippen molar-refractivity contribution in [3.8, 4) is 0 Å². The van der Waals surface area contributed by atoms with Gasteiger partial charge in [-0.1, -0.05) is 0 Å². The van der Waals surface area contributed by atoms with Crippen LogP contribution in [0.2, 0.25) is 0 Å². The summed E-state index contributed by atoms with van der Waals surface area (Å²) in [5.41, 5.74) is 1.13. The van der Waals surface area contributed by atoms with Gasteiger partial charge in [0.15, 0.2) is 4.77 Å². The molecule has 1 aromatic rings. The highest BCUT2D eigenvalue weighted by Crippen LogP contribution is 1.99. The number of aromatic nitrogens is 2. The molecule has 0 aliphatic carbocycles. The van der Waals surface area contributed by atoms with Gasteiger partial charge in [-0.15, -0.1) is 0 Å². The lowest BCUT2D eigenvalue weighted by Gasteiger charge is -2.08. The van der Waals surface area contributed by atoms with Crippen LogP contribution in [0, 0.1) is 11.7 Å². The molecule has 0 amide bonds. The van der Waals surface area contributed by atoms with Gasteiger partial charge in [-0.25, -0.2) is 0 Å².